The molecule has 0 atom stereocenters. The first-order valence-corrected chi connectivity index (χ1v) is 7.39. The first-order valence-electron chi connectivity index (χ1n) is 5.95. The minimum Gasteiger partial charge on any atom is -0.383 e. The van der Waals surface area contributed by atoms with E-state index in [4.69, 9.17) is 10.3 Å². The van der Waals surface area contributed by atoms with Gasteiger partial charge in [-0.25, -0.2) is 4.98 Å². The lowest BCUT2D eigenvalue weighted by molar-refractivity contribution is -0.116. The van der Waals surface area contributed by atoms with Crippen LogP contribution in [-0.2, 0) is 21.3 Å². The maximum absolute atomic E-state index is 11.2. The van der Waals surface area contributed by atoms with E-state index >= 15 is 0 Å². The summed E-state index contributed by atoms with van der Waals surface area (Å²) in [5, 5.41) is 0. The monoisotopic (exact) mass is 307 g/mol. The van der Waals surface area contributed by atoms with Gasteiger partial charge in [-0.05, 0) is 30.7 Å². The van der Waals surface area contributed by atoms with E-state index in [0.717, 1.165) is 0 Å². The van der Waals surface area contributed by atoms with Gasteiger partial charge in [0.1, 0.15) is 16.5 Å². The van der Waals surface area contributed by atoms with Crippen LogP contribution in [0.2, 0.25) is 0 Å². The fourth-order valence-corrected chi connectivity index (χ4v) is 2.42. The Morgan fingerprint density at radius 3 is 2.62 bits per heavy atom. The highest BCUT2D eigenvalue weighted by Gasteiger charge is 2.16. The van der Waals surface area contributed by atoms with Gasteiger partial charge in [0.05, 0.1) is 0 Å². The second-order valence-corrected chi connectivity index (χ2v) is 5.89. The van der Waals surface area contributed by atoms with Gasteiger partial charge < -0.3 is 5.73 Å². The van der Waals surface area contributed by atoms with Gasteiger partial charge in [0.2, 0.25) is 0 Å². The molecular formula is C13H13N3O4S. The number of nitrogen functional groups attached to an aromatic ring is 1. The molecule has 110 valence electrons. The number of carbonyl (C=O) groups is 1. The highest BCUT2D eigenvalue weighted by Crippen LogP contribution is 2.25. The molecule has 0 saturated heterocycles. The van der Waals surface area contributed by atoms with Gasteiger partial charge in [-0.3, -0.25) is 14.3 Å². The maximum atomic E-state index is 11.2. The number of carbonyl (C=O) groups excluding carboxylic acids is 1. The first-order chi connectivity index (χ1) is 9.77. The van der Waals surface area contributed by atoms with E-state index in [1.807, 2.05) is 0 Å². The molecule has 0 unspecified atom stereocenters. The molecule has 7 nitrogen and oxygen atoms in total. The molecule has 0 fully saturated rings. The molecule has 3 N–H and O–H groups in total. The smallest absolute Gasteiger partial charge is 0.298 e. The normalized spacial score (nSPS) is 11.3. The molecule has 0 aliphatic carbocycles. The Hall–Kier alpha value is -2.32. The lowest BCUT2D eigenvalue weighted by Crippen LogP contribution is -2.05. The zero-order valence-corrected chi connectivity index (χ0v) is 12.0. The van der Waals surface area contributed by atoms with Crippen LogP contribution in [0, 0.1) is 0 Å². The summed E-state index contributed by atoms with van der Waals surface area (Å²) >= 11 is 0. The largest absolute Gasteiger partial charge is 0.383 e. The van der Waals surface area contributed by atoms with Crippen molar-refractivity contribution < 1.29 is 17.8 Å². The van der Waals surface area contributed by atoms with Crippen LogP contribution in [-0.4, -0.2) is 28.7 Å². The van der Waals surface area contributed by atoms with Crippen LogP contribution in [0.4, 0.5) is 5.82 Å². The zero-order chi connectivity index (χ0) is 15.6. The lowest BCUT2D eigenvalue weighted by atomic mass is 10.1. The average Bonchev–Trinajstić information content (AvgIpc) is 2.37. The van der Waals surface area contributed by atoms with Crippen molar-refractivity contribution in [2.45, 2.75) is 18.2 Å². The Morgan fingerprint density at radius 1 is 1.29 bits per heavy atom. The highest BCUT2D eigenvalue weighted by atomic mass is 32.2. The third-order valence-corrected chi connectivity index (χ3v) is 3.62. The Morgan fingerprint density at radius 2 is 2.00 bits per heavy atom. The Bertz CT molecular complexity index is 803. The van der Waals surface area contributed by atoms with E-state index in [9.17, 15) is 13.2 Å². The molecule has 0 bridgehead atoms. The van der Waals surface area contributed by atoms with Gasteiger partial charge in [-0.1, -0.05) is 0 Å². The van der Waals surface area contributed by atoms with Crippen LogP contribution in [0.3, 0.4) is 0 Å². The van der Waals surface area contributed by atoms with Crippen LogP contribution < -0.4 is 5.73 Å². The van der Waals surface area contributed by atoms with Crippen molar-refractivity contribution in [1.82, 2.24) is 9.97 Å². The number of hydrogen-bond acceptors (Lipinski definition) is 6. The van der Waals surface area contributed by atoms with Crippen molar-refractivity contribution in [2.24, 2.45) is 0 Å². The predicted octanol–water partition coefficient (Wildman–Crippen LogP) is 1.10. The van der Waals surface area contributed by atoms with Crippen LogP contribution in [0.25, 0.3) is 11.1 Å². The van der Waals surface area contributed by atoms with Crippen molar-refractivity contribution in [3.8, 4) is 11.1 Å². The summed E-state index contributed by atoms with van der Waals surface area (Å²) in [5.41, 5.74) is 7.07. The van der Waals surface area contributed by atoms with Gasteiger partial charge in [0, 0.05) is 30.1 Å². The third-order valence-electron chi connectivity index (χ3n) is 2.74. The van der Waals surface area contributed by atoms with Gasteiger partial charge in [-0.2, -0.15) is 8.42 Å². The molecule has 2 heterocycles. The standard InChI is InChI=1S/C13H13N3O4S/c1-8(17)4-11-5-9(2-3-15-11)10-6-12(21(18,19)20)13(14)16-7-10/h2-3,5-7H,4H2,1H3,(H2,14,16)(H,18,19,20). The summed E-state index contributed by atoms with van der Waals surface area (Å²) in [5.74, 6) is -0.312. The number of nitrogens with two attached hydrogens (primary N) is 1. The number of aromatic nitrogens is 2. The van der Waals surface area contributed by atoms with Crippen LogP contribution in [0.5, 0.6) is 0 Å². The second-order valence-electron chi connectivity index (χ2n) is 4.50. The number of Topliss-reactive ketones (excluding diaryl/α,β-unsaturated/α-hetero) is 1. The number of nitrogens with zero attached hydrogens (tertiary/aromatic N) is 2. The van der Waals surface area contributed by atoms with E-state index in [1.165, 1.54) is 25.4 Å². The molecule has 8 heteroatoms. The first kappa shape index (κ1) is 15.1. The molecule has 0 radical (unpaired) electrons. The van der Waals surface area contributed by atoms with Crippen molar-refractivity contribution in [1.29, 1.82) is 0 Å². The number of ketones is 1. The molecule has 0 amide bonds. The summed E-state index contributed by atoms with van der Waals surface area (Å²) < 4.78 is 31.6. The summed E-state index contributed by atoms with van der Waals surface area (Å²) in [7, 11) is -4.45. The number of anilines is 1. The number of pyridine rings is 2. The summed E-state index contributed by atoms with van der Waals surface area (Å²) in [6, 6.07) is 4.53. The Labute approximate surface area is 121 Å². The molecule has 0 aromatic carbocycles. The fourth-order valence-electron chi connectivity index (χ4n) is 1.83. The Kier molecular flexibility index (Phi) is 4.01. The SMILES string of the molecule is CC(=O)Cc1cc(-c2cnc(N)c(S(=O)(=O)O)c2)ccn1. The second kappa shape index (κ2) is 5.58. The molecule has 2 rings (SSSR count). The van der Waals surface area contributed by atoms with Crippen molar-refractivity contribution in [3.63, 3.8) is 0 Å². The fraction of sp³-hybridized carbons (Fsp3) is 0.154. The summed E-state index contributed by atoms with van der Waals surface area (Å²) in [6.45, 7) is 1.45. The molecule has 21 heavy (non-hydrogen) atoms. The van der Waals surface area contributed by atoms with Crippen molar-refractivity contribution in [2.75, 3.05) is 5.73 Å². The lowest BCUT2D eigenvalue weighted by Gasteiger charge is -2.07. The van der Waals surface area contributed by atoms with Crippen LogP contribution in [0.15, 0.2) is 35.5 Å². The minimum absolute atomic E-state index is 0.0336. The number of hydrogen-bond donors (Lipinski definition) is 2. The molecule has 2 aromatic heterocycles. The molecule has 0 aliphatic rings. The average molecular weight is 307 g/mol. The summed E-state index contributed by atoms with van der Waals surface area (Å²) in [4.78, 5) is 18.5. The van der Waals surface area contributed by atoms with E-state index in [0.29, 0.717) is 16.8 Å². The minimum atomic E-state index is -4.45. The van der Waals surface area contributed by atoms with E-state index < -0.39 is 15.0 Å². The van der Waals surface area contributed by atoms with Crippen LogP contribution in [0.1, 0.15) is 12.6 Å². The predicted molar refractivity (Wildman–Crippen MR) is 76.1 cm³/mol. The van der Waals surface area contributed by atoms with E-state index in [1.54, 1.807) is 12.1 Å². The quantitative estimate of drug-likeness (QED) is 0.811. The van der Waals surface area contributed by atoms with E-state index in [-0.39, 0.29) is 18.0 Å². The van der Waals surface area contributed by atoms with Gasteiger partial charge in [-0.15, -0.1) is 0 Å². The topological polar surface area (TPSA) is 123 Å². The summed E-state index contributed by atoms with van der Waals surface area (Å²) in [6.07, 6.45) is 3.08. The third kappa shape index (κ3) is 3.61. The molecule has 0 spiro atoms. The maximum Gasteiger partial charge on any atom is 0.298 e. The molecule has 2 aromatic rings. The van der Waals surface area contributed by atoms with Crippen LogP contribution >= 0.6 is 0 Å². The van der Waals surface area contributed by atoms with Gasteiger partial charge in [0.15, 0.2) is 0 Å². The van der Waals surface area contributed by atoms with Gasteiger partial charge in [0.25, 0.3) is 10.1 Å². The molecule has 0 saturated carbocycles. The Balaban J connectivity index is 2.50. The highest BCUT2D eigenvalue weighted by molar-refractivity contribution is 7.86. The zero-order valence-electron chi connectivity index (χ0n) is 11.1. The van der Waals surface area contributed by atoms with Gasteiger partial charge >= 0.3 is 0 Å². The molecular weight excluding hydrogens is 294 g/mol. The number of rotatable bonds is 4. The van der Waals surface area contributed by atoms with Crippen molar-refractivity contribution >= 4 is 21.7 Å². The van der Waals surface area contributed by atoms with E-state index in [2.05, 4.69) is 9.97 Å². The molecule has 0 aliphatic heterocycles. The van der Waals surface area contributed by atoms with Crippen molar-refractivity contribution in [3.05, 3.63) is 36.3 Å².